The summed E-state index contributed by atoms with van der Waals surface area (Å²) in [6.45, 7) is 0. The first kappa shape index (κ1) is 8.90. The highest BCUT2D eigenvalue weighted by Gasteiger charge is 1.98. The topological polar surface area (TPSA) is 30.7 Å². The van der Waals surface area contributed by atoms with Crippen LogP contribution in [-0.2, 0) is 0 Å². The third kappa shape index (κ3) is 1.97. The molecule has 1 aromatic carbocycles. The van der Waals surface area contributed by atoms with Gasteiger partial charge in [0.25, 0.3) is 0 Å². The number of aromatic nitrogens is 3. The largest absolute Gasteiger partial charge is 0.220 e. The molecule has 0 N–H and O–H groups in total. The first-order valence-electron chi connectivity index (χ1n) is 3.59. The Labute approximate surface area is 92.1 Å². The first-order chi connectivity index (χ1) is 6.25. The molecule has 1 aromatic heterocycles. The molecule has 13 heavy (non-hydrogen) atoms. The molecule has 0 saturated carbocycles. The Morgan fingerprint density at radius 3 is 2.31 bits per heavy atom. The number of rotatable bonds is 1. The minimum Gasteiger partial charge on any atom is -0.220 e. The molecule has 0 amide bonds. The molecule has 66 valence electrons. The molecule has 0 bridgehead atoms. The van der Waals surface area contributed by atoms with Crippen molar-refractivity contribution in [3.63, 3.8) is 0 Å². The van der Waals surface area contributed by atoms with Gasteiger partial charge >= 0.3 is 0 Å². The van der Waals surface area contributed by atoms with Crippen LogP contribution in [-0.4, -0.2) is 14.8 Å². The molecule has 5 heteroatoms. The molecule has 0 unspecified atom stereocenters. The van der Waals surface area contributed by atoms with Crippen LogP contribution in [0.3, 0.4) is 0 Å². The van der Waals surface area contributed by atoms with Crippen LogP contribution in [0.5, 0.6) is 0 Å². The van der Waals surface area contributed by atoms with Gasteiger partial charge in [0, 0.05) is 4.47 Å². The van der Waals surface area contributed by atoms with Crippen LogP contribution in [0, 0.1) is 0 Å². The van der Waals surface area contributed by atoms with Gasteiger partial charge in [-0.1, -0.05) is 15.9 Å². The van der Waals surface area contributed by atoms with Crippen molar-refractivity contribution < 1.29 is 0 Å². The summed E-state index contributed by atoms with van der Waals surface area (Å²) in [4.78, 5) is 3.97. The van der Waals surface area contributed by atoms with E-state index in [1.807, 2.05) is 24.3 Å². The Bertz CT molecular complexity index is 408. The molecular weight excluding hydrogens is 298 g/mol. The lowest BCUT2D eigenvalue weighted by molar-refractivity contribution is 0.870. The minimum absolute atomic E-state index is 0.593. The normalized spacial score (nSPS) is 10.3. The zero-order chi connectivity index (χ0) is 9.26. The molecule has 0 spiro atoms. The molecule has 0 aliphatic rings. The van der Waals surface area contributed by atoms with Gasteiger partial charge in [-0.15, -0.1) is 5.10 Å². The second-order valence-corrected chi connectivity index (χ2v) is 4.06. The maximum atomic E-state index is 4.12. The number of nitrogens with zero attached hydrogens (tertiary/aromatic N) is 3. The van der Waals surface area contributed by atoms with E-state index in [9.17, 15) is 0 Å². The van der Waals surface area contributed by atoms with Crippen molar-refractivity contribution in [1.82, 2.24) is 14.8 Å². The Balaban J connectivity index is 2.41. The number of halogens is 2. The summed E-state index contributed by atoms with van der Waals surface area (Å²) in [5, 5.41) is 4.12. The van der Waals surface area contributed by atoms with E-state index in [1.165, 1.54) is 0 Å². The van der Waals surface area contributed by atoms with Crippen molar-refractivity contribution in [1.29, 1.82) is 0 Å². The van der Waals surface area contributed by atoms with Gasteiger partial charge in [0.1, 0.15) is 6.33 Å². The van der Waals surface area contributed by atoms with E-state index in [2.05, 4.69) is 41.9 Å². The van der Waals surface area contributed by atoms with Gasteiger partial charge in [-0.05, 0) is 40.2 Å². The van der Waals surface area contributed by atoms with Crippen molar-refractivity contribution in [3.05, 3.63) is 39.8 Å². The highest BCUT2D eigenvalue weighted by Crippen LogP contribution is 2.13. The summed E-state index contributed by atoms with van der Waals surface area (Å²) in [5.41, 5.74) is 0.987. The van der Waals surface area contributed by atoms with Crippen molar-refractivity contribution >= 4 is 31.9 Å². The van der Waals surface area contributed by atoms with Crippen LogP contribution in [0.1, 0.15) is 0 Å². The second-order valence-electron chi connectivity index (χ2n) is 2.43. The summed E-state index contributed by atoms with van der Waals surface area (Å²) in [7, 11) is 0. The zero-order valence-electron chi connectivity index (χ0n) is 6.48. The SMILES string of the molecule is Brc1ccc(-n2cnc(Br)n2)cc1. The van der Waals surface area contributed by atoms with E-state index in [0.29, 0.717) is 4.73 Å². The molecule has 0 aliphatic heterocycles. The molecule has 1 heterocycles. The predicted octanol–water partition coefficient (Wildman–Crippen LogP) is 2.79. The van der Waals surface area contributed by atoms with Crippen LogP contribution in [0.4, 0.5) is 0 Å². The smallest absolute Gasteiger partial charge is 0.217 e. The summed E-state index contributed by atoms with van der Waals surface area (Å²) in [6.07, 6.45) is 1.66. The van der Waals surface area contributed by atoms with Gasteiger partial charge in [-0.2, -0.15) is 0 Å². The minimum atomic E-state index is 0.593. The van der Waals surface area contributed by atoms with Crippen LogP contribution >= 0.6 is 31.9 Å². The average molecular weight is 303 g/mol. The van der Waals surface area contributed by atoms with Crippen molar-refractivity contribution in [3.8, 4) is 5.69 Å². The number of hydrogen-bond acceptors (Lipinski definition) is 2. The predicted molar refractivity (Wildman–Crippen MR) is 56.8 cm³/mol. The third-order valence-electron chi connectivity index (χ3n) is 1.56. The van der Waals surface area contributed by atoms with E-state index < -0.39 is 0 Å². The van der Waals surface area contributed by atoms with Gasteiger partial charge in [0.2, 0.25) is 4.73 Å². The van der Waals surface area contributed by atoms with Crippen LogP contribution in [0.25, 0.3) is 5.69 Å². The quantitative estimate of drug-likeness (QED) is 0.811. The standard InChI is InChI=1S/C8H5Br2N3/c9-6-1-3-7(4-2-6)13-5-11-8(10)12-13/h1-5H. The fourth-order valence-electron chi connectivity index (χ4n) is 0.961. The van der Waals surface area contributed by atoms with Crippen LogP contribution in [0.15, 0.2) is 39.8 Å². The molecule has 0 fully saturated rings. The lowest BCUT2D eigenvalue weighted by Crippen LogP contribution is -1.93. The van der Waals surface area contributed by atoms with Crippen LogP contribution in [0.2, 0.25) is 0 Å². The number of hydrogen-bond donors (Lipinski definition) is 0. The van der Waals surface area contributed by atoms with Crippen molar-refractivity contribution in [2.24, 2.45) is 0 Å². The highest BCUT2D eigenvalue weighted by atomic mass is 79.9. The number of benzene rings is 1. The monoisotopic (exact) mass is 301 g/mol. The summed E-state index contributed by atoms with van der Waals surface area (Å²) >= 11 is 6.56. The van der Waals surface area contributed by atoms with E-state index in [-0.39, 0.29) is 0 Å². The third-order valence-corrected chi connectivity index (χ3v) is 2.45. The highest BCUT2D eigenvalue weighted by molar-refractivity contribution is 9.10. The zero-order valence-corrected chi connectivity index (χ0v) is 9.66. The van der Waals surface area contributed by atoms with E-state index in [1.54, 1.807) is 11.0 Å². The molecule has 0 radical (unpaired) electrons. The molecule has 0 aliphatic carbocycles. The van der Waals surface area contributed by atoms with E-state index in [4.69, 9.17) is 0 Å². The van der Waals surface area contributed by atoms with Crippen LogP contribution < -0.4 is 0 Å². The Hall–Kier alpha value is -0.680. The van der Waals surface area contributed by atoms with Gasteiger partial charge in [-0.3, -0.25) is 0 Å². The average Bonchev–Trinajstić information content (AvgIpc) is 2.53. The lowest BCUT2D eigenvalue weighted by Gasteiger charge is -1.98. The molecule has 0 atom stereocenters. The maximum absolute atomic E-state index is 4.12. The molecule has 2 rings (SSSR count). The lowest BCUT2D eigenvalue weighted by atomic mass is 10.3. The Morgan fingerprint density at radius 1 is 1.08 bits per heavy atom. The Morgan fingerprint density at radius 2 is 1.77 bits per heavy atom. The van der Waals surface area contributed by atoms with Crippen molar-refractivity contribution in [2.45, 2.75) is 0 Å². The summed E-state index contributed by atoms with van der Waals surface area (Å²) in [6, 6.07) is 7.85. The summed E-state index contributed by atoms with van der Waals surface area (Å²) < 4.78 is 3.35. The molecule has 0 saturated heterocycles. The fraction of sp³-hybridized carbons (Fsp3) is 0. The van der Waals surface area contributed by atoms with E-state index >= 15 is 0 Å². The maximum Gasteiger partial charge on any atom is 0.217 e. The van der Waals surface area contributed by atoms with Crippen molar-refractivity contribution in [2.75, 3.05) is 0 Å². The van der Waals surface area contributed by atoms with Gasteiger partial charge in [0.05, 0.1) is 5.69 Å². The second kappa shape index (κ2) is 3.59. The fourth-order valence-corrected chi connectivity index (χ4v) is 1.49. The first-order valence-corrected chi connectivity index (χ1v) is 5.17. The molecule has 2 aromatic rings. The molecule has 3 nitrogen and oxygen atoms in total. The summed E-state index contributed by atoms with van der Waals surface area (Å²) in [5.74, 6) is 0. The van der Waals surface area contributed by atoms with Gasteiger partial charge in [0.15, 0.2) is 0 Å². The van der Waals surface area contributed by atoms with Gasteiger partial charge < -0.3 is 0 Å². The molecular formula is C8H5Br2N3. The van der Waals surface area contributed by atoms with Gasteiger partial charge in [-0.25, -0.2) is 9.67 Å². The van der Waals surface area contributed by atoms with E-state index in [0.717, 1.165) is 10.2 Å². The Kier molecular flexibility index (Phi) is 2.46.